The fourth-order valence-corrected chi connectivity index (χ4v) is 2.42. The fraction of sp³-hybridized carbons (Fsp3) is 0.316. The van der Waals surface area contributed by atoms with Gasteiger partial charge in [0.2, 0.25) is 0 Å². The van der Waals surface area contributed by atoms with Crippen LogP contribution in [0.3, 0.4) is 0 Å². The minimum Gasteiger partial charge on any atom is -0.497 e. The molecule has 2 aromatic carbocycles. The van der Waals surface area contributed by atoms with Crippen molar-refractivity contribution in [3.05, 3.63) is 58.1 Å². The summed E-state index contributed by atoms with van der Waals surface area (Å²) in [7, 11) is 1.62. The lowest BCUT2D eigenvalue weighted by Gasteiger charge is -2.11. The number of hydrogen-bond acceptors (Lipinski definition) is 3. The number of aryl methyl sites for hydroxylation is 2. The molecule has 134 valence electrons. The van der Waals surface area contributed by atoms with Gasteiger partial charge in [-0.2, -0.15) is 0 Å². The highest BCUT2D eigenvalue weighted by molar-refractivity contribution is 6.32. The first-order valence-corrected chi connectivity index (χ1v) is 8.41. The van der Waals surface area contributed by atoms with Crippen molar-refractivity contribution in [2.45, 2.75) is 20.4 Å². The summed E-state index contributed by atoms with van der Waals surface area (Å²) >= 11 is 6.13. The maximum atomic E-state index is 11.8. The Morgan fingerprint density at radius 1 is 1.04 bits per heavy atom. The Bertz CT molecular complexity index is 694. The van der Waals surface area contributed by atoms with Gasteiger partial charge in [-0.25, -0.2) is 4.79 Å². The first-order valence-electron chi connectivity index (χ1n) is 8.04. The molecule has 0 unspecified atom stereocenters. The molecule has 0 bridgehead atoms. The number of nitrogens with one attached hydrogen (secondary N) is 2. The van der Waals surface area contributed by atoms with Gasteiger partial charge in [0, 0.05) is 11.6 Å². The summed E-state index contributed by atoms with van der Waals surface area (Å²) in [4.78, 5) is 11.8. The molecule has 0 saturated carbocycles. The third-order valence-electron chi connectivity index (χ3n) is 3.68. The quantitative estimate of drug-likeness (QED) is 0.735. The third-order valence-corrected chi connectivity index (χ3v) is 4.27. The molecular weight excluding hydrogens is 340 g/mol. The van der Waals surface area contributed by atoms with Gasteiger partial charge in [-0.15, -0.1) is 0 Å². The molecule has 0 fully saturated rings. The van der Waals surface area contributed by atoms with Crippen molar-refractivity contribution in [2.75, 3.05) is 20.3 Å². The molecule has 25 heavy (non-hydrogen) atoms. The molecule has 6 heteroatoms. The Morgan fingerprint density at radius 3 is 2.28 bits per heavy atom. The number of carbonyl (C=O) groups excluding carboxylic acids is 1. The Labute approximate surface area is 153 Å². The van der Waals surface area contributed by atoms with Crippen LogP contribution in [0, 0.1) is 13.8 Å². The summed E-state index contributed by atoms with van der Waals surface area (Å²) in [5.74, 6) is 1.54. The van der Waals surface area contributed by atoms with E-state index < -0.39 is 0 Å². The van der Waals surface area contributed by atoms with Crippen LogP contribution in [-0.4, -0.2) is 26.3 Å². The largest absolute Gasteiger partial charge is 0.497 e. The van der Waals surface area contributed by atoms with Crippen molar-refractivity contribution in [2.24, 2.45) is 0 Å². The predicted molar refractivity (Wildman–Crippen MR) is 99.7 cm³/mol. The second kappa shape index (κ2) is 9.18. The van der Waals surface area contributed by atoms with E-state index in [-0.39, 0.29) is 6.03 Å². The molecule has 0 heterocycles. The molecule has 0 radical (unpaired) electrons. The van der Waals surface area contributed by atoms with Crippen molar-refractivity contribution >= 4 is 17.6 Å². The van der Waals surface area contributed by atoms with Crippen molar-refractivity contribution < 1.29 is 14.3 Å². The number of ether oxygens (including phenoxy) is 2. The summed E-state index contributed by atoms with van der Waals surface area (Å²) in [5.41, 5.74) is 2.95. The molecule has 0 aliphatic carbocycles. The topological polar surface area (TPSA) is 59.6 Å². The van der Waals surface area contributed by atoms with Crippen LogP contribution in [0.25, 0.3) is 0 Å². The average Bonchev–Trinajstić information content (AvgIpc) is 2.62. The van der Waals surface area contributed by atoms with E-state index in [1.807, 2.05) is 50.2 Å². The number of halogens is 1. The van der Waals surface area contributed by atoms with E-state index in [9.17, 15) is 4.79 Å². The lowest BCUT2D eigenvalue weighted by atomic mass is 10.1. The summed E-state index contributed by atoms with van der Waals surface area (Å²) in [6, 6.07) is 11.1. The van der Waals surface area contributed by atoms with E-state index in [1.165, 1.54) is 0 Å². The molecule has 0 spiro atoms. The first kappa shape index (κ1) is 18.9. The van der Waals surface area contributed by atoms with Crippen LogP contribution in [0.1, 0.15) is 16.7 Å². The number of urea groups is 1. The Balaban J connectivity index is 1.68. The fourth-order valence-electron chi connectivity index (χ4n) is 2.31. The minimum absolute atomic E-state index is 0.233. The Morgan fingerprint density at radius 2 is 1.68 bits per heavy atom. The second-order valence-corrected chi connectivity index (χ2v) is 6.06. The van der Waals surface area contributed by atoms with E-state index in [0.717, 1.165) is 33.2 Å². The zero-order valence-electron chi connectivity index (χ0n) is 14.7. The Kier molecular flexibility index (Phi) is 6.95. The lowest BCUT2D eigenvalue weighted by Crippen LogP contribution is -2.37. The van der Waals surface area contributed by atoms with Gasteiger partial charge in [-0.3, -0.25) is 0 Å². The number of carbonyl (C=O) groups is 1. The molecule has 2 rings (SSSR count). The summed E-state index contributed by atoms with van der Waals surface area (Å²) in [6.45, 7) is 5.12. The molecule has 0 aliphatic heterocycles. The van der Waals surface area contributed by atoms with Crippen molar-refractivity contribution in [1.82, 2.24) is 10.6 Å². The van der Waals surface area contributed by atoms with Crippen LogP contribution >= 0.6 is 11.6 Å². The van der Waals surface area contributed by atoms with Gasteiger partial charge < -0.3 is 20.1 Å². The van der Waals surface area contributed by atoms with Gasteiger partial charge in [0.25, 0.3) is 0 Å². The normalized spacial score (nSPS) is 10.2. The van der Waals surface area contributed by atoms with Crippen LogP contribution in [0.15, 0.2) is 36.4 Å². The van der Waals surface area contributed by atoms with Gasteiger partial charge in [0.15, 0.2) is 0 Å². The van der Waals surface area contributed by atoms with Crippen molar-refractivity contribution in [3.63, 3.8) is 0 Å². The monoisotopic (exact) mass is 362 g/mol. The molecular formula is C19H23ClN2O3. The van der Waals surface area contributed by atoms with Crippen molar-refractivity contribution in [1.29, 1.82) is 0 Å². The zero-order chi connectivity index (χ0) is 18.2. The van der Waals surface area contributed by atoms with Crippen LogP contribution in [0.4, 0.5) is 4.79 Å². The van der Waals surface area contributed by atoms with E-state index in [1.54, 1.807) is 7.11 Å². The molecule has 2 aromatic rings. The third kappa shape index (κ3) is 5.87. The maximum absolute atomic E-state index is 11.8. The lowest BCUT2D eigenvalue weighted by molar-refractivity contribution is 0.236. The highest BCUT2D eigenvalue weighted by Crippen LogP contribution is 2.25. The van der Waals surface area contributed by atoms with E-state index in [4.69, 9.17) is 21.1 Å². The number of benzene rings is 2. The molecule has 5 nitrogen and oxygen atoms in total. The standard InChI is InChI=1S/C19H23ClN2O3/c1-13-10-17(11-14(2)18(13)20)25-9-8-21-19(23)22-12-15-4-6-16(24-3)7-5-15/h4-7,10-11H,8-9,12H2,1-3H3,(H2,21,22,23). The number of hydrogen-bond donors (Lipinski definition) is 2. The predicted octanol–water partition coefficient (Wildman–Crippen LogP) is 3.84. The van der Waals surface area contributed by atoms with E-state index in [2.05, 4.69) is 10.6 Å². The minimum atomic E-state index is -0.233. The van der Waals surface area contributed by atoms with Gasteiger partial charge in [0.1, 0.15) is 18.1 Å². The highest BCUT2D eigenvalue weighted by Gasteiger charge is 2.04. The Hall–Kier alpha value is -2.40. The zero-order valence-corrected chi connectivity index (χ0v) is 15.4. The number of methoxy groups -OCH3 is 1. The van der Waals surface area contributed by atoms with Gasteiger partial charge >= 0.3 is 6.03 Å². The van der Waals surface area contributed by atoms with E-state index in [0.29, 0.717) is 19.7 Å². The van der Waals surface area contributed by atoms with Crippen molar-refractivity contribution in [3.8, 4) is 11.5 Å². The van der Waals surface area contributed by atoms with Crippen LogP contribution in [-0.2, 0) is 6.54 Å². The molecule has 0 atom stereocenters. The molecule has 2 amide bonds. The average molecular weight is 363 g/mol. The van der Waals surface area contributed by atoms with Gasteiger partial charge in [-0.1, -0.05) is 23.7 Å². The van der Waals surface area contributed by atoms with Crippen LogP contribution in [0.5, 0.6) is 11.5 Å². The first-order chi connectivity index (χ1) is 12.0. The molecule has 0 aromatic heterocycles. The summed E-state index contributed by atoms with van der Waals surface area (Å²) in [5, 5.41) is 6.31. The molecule has 2 N–H and O–H groups in total. The van der Waals surface area contributed by atoms with Crippen LogP contribution in [0.2, 0.25) is 5.02 Å². The van der Waals surface area contributed by atoms with Gasteiger partial charge in [-0.05, 0) is 54.8 Å². The maximum Gasteiger partial charge on any atom is 0.315 e. The smallest absolute Gasteiger partial charge is 0.315 e. The summed E-state index contributed by atoms with van der Waals surface area (Å²) < 4.78 is 10.7. The van der Waals surface area contributed by atoms with Gasteiger partial charge in [0.05, 0.1) is 13.7 Å². The second-order valence-electron chi connectivity index (χ2n) is 5.68. The summed E-state index contributed by atoms with van der Waals surface area (Å²) in [6.07, 6.45) is 0. The van der Waals surface area contributed by atoms with Crippen LogP contribution < -0.4 is 20.1 Å². The molecule has 0 aliphatic rings. The number of amides is 2. The van der Waals surface area contributed by atoms with E-state index >= 15 is 0 Å². The number of rotatable bonds is 7. The SMILES string of the molecule is COc1ccc(CNC(=O)NCCOc2cc(C)c(Cl)c(C)c2)cc1. The highest BCUT2D eigenvalue weighted by atomic mass is 35.5. The molecule has 0 saturated heterocycles.